The van der Waals surface area contributed by atoms with Crippen molar-refractivity contribution in [2.75, 3.05) is 13.1 Å². The van der Waals surface area contributed by atoms with E-state index in [1.54, 1.807) is 0 Å². The van der Waals surface area contributed by atoms with Crippen molar-refractivity contribution in [3.05, 3.63) is 22.6 Å². The fourth-order valence-electron chi connectivity index (χ4n) is 1.98. The number of carbonyl (C=O) groups excluding carboxylic acids is 1. The maximum atomic E-state index is 12.1. The van der Waals surface area contributed by atoms with Gasteiger partial charge in [-0.05, 0) is 28.7 Å². The molecule has 0 spiro atoms. The lowest BCUT2D eigenvalue weighted by Gasteiger charge is -2.20. The van der Waals surface area contributed by atoms with Gasteiger partial charge in [0.2, 0.25) is 12.2 Å². The summed E-state index contributed by atoms with van der Waals surface area (Å²) in [5.41, 5.74) is 0. The average Bonchev–Trinajstić information content (AvgIpc) is 3.09. The summed E-state index contributed by atoms with van der Waals surface area (Å²) in [6.07, 6.45) is 4.67. The summed E-state index contributed by atoms with van der Waals surface area (Å²) in [4.78, 5) is 37.7. The number of rotatable bonds is 8. The Morgan fingerprint density at radius 3 is 2.76 bits per heavy atom. The van der Waals surface area contributed by atoms with Crippen LogP contribution in [-0.2, 0) is 16.1 Å². The van der Waals surface area contributed by atoms with E-state index >= 15 is 0 Å². The van der Waals surface area contributed by atoms with Crippen molar-refractivity contribution in [3.63, 3.8) is 0 Å². The fraction of sp³-hybridized carbons (Fsp3) is 0.583. The molecule has 1 aliphatic carbocycles. The SMILES string of the molecule is O=C(O)CN(CC1CC1)C(=O)CCn1cnc([N+](=O)[O-])c1. The number of nitro groups is 1. The number of amides is 1. The molecule has 2 rings (SSSR count). The number of hydrogen-bond donors (Lipinski definition) is 1. The van der Waals surface area contributed by atoms with Crippen LogP contribution in [0, 0.1) is 16.0 Å². The normalized spacial score (nSPS) is 13.9. The first-order chi connectivity index (χ1) is 9.95. The Balaban J connectivity index is 1.87. The summed E-state index contributed by atoms with van der Waals surface area (Å²) in [6, 6.07) is 0. The molecule has 1 aliphatic rings. The first-order valence-electron chi connectivity index (χ1n) is 6.61. The number of carbonyl (C=O) groups is 2. The molecular weight excluding hydrogens is 280 g/mol. The van der Waals surface area contributed by atoms with Gasteiger partial charge in [-0.1, -0.05) is 0 Å². The molecule has 0 radical (unpaired) electrons. The predicted molar refractivity (Wildman–Crippen MR) is 70.4 cm³/mol. The van der Waals surface area contributed by atoms with Crippen molar-refractivity contribution in [2.45, 2.75) is 25.8 Å². The molecule has 1 amide bonds. The number of carboxylic acids is 1. The molecule has 1 aromatic heterocycles. The average molecular weight is 296 g/mol. The molecule has 1 saturated carbocycles. The van der Waals surface area contributed by atoms with E-state index in [2.05, 4.69) is 4.98 Å². The third kappa shape index (κ3) is 4.55. The second kappa shape index (κ2) is 6.33. The van der Waals surface area contributed by atoms with E-state index in [9.17, 15) is 19.7 Å². The van der Waals surface area contributed by atoms with Gasteiger partial charge in [-0.25, -0.2) is 0 Å². The number of carboxylic acid groups (broad SMARTS) is 1. The summed E-state index contributed by atoms with van der Waals surface area (Å²) < 4.78 is 1.45. The van der Waals surface area contributed by atoms with Crippen molar-refractivity contribution in [1.82, 2.24) is 14.5 Å². The topological polar surface area (TPSA) is 119 Å². The van der Waals surface area contributed by atoms with E-state index in [1.165, 1.54) is 22.0 Å². The zero-order valence-electron chi connectivity index (χ0n) is 11.3. The molecule has 0 saturated heterocycles. The van der Waals surface area contributed by atoms with Crippen molar-refractivity contribution in [3.8, 4) is 0 Å². The highest BCUT2D eigenvalue weighted by Gasteiger charge is 2.27. The summed E-state index contributed by atoms with van der Waals surface area (Å²) in [5, 5.41) is 19.3. The number of imidazole rings is 1. The molecule has 1 aromatic rings. The van der Waals surface area contributed by atoms with Crippen LogP contribution in [-0.4, -0.2) is 49.4 Å². The van der Waals surface area contributed by atoms with E-state index in [4.69, 9.17) is 5.11 Å². The number of aliphatic carboxylic acids is 1. The Labute approximate surface area is 120 Å². The summed E-state index contributed by atoms with van der Waals surface area (Å²) in [5.74, 6) is -1.17. The molecule has 21 heavy (non-hydrogen) atoms. The molecule has 0 unspecified atom stereocenters. The molecule has 1 fully saturated rings. The highest BCUT2D eigenvalue weighted by atomic mass is 16.6. The highest BCUT2D eigenvalue weighted by Crippen LogP contribution is 2.29. The Morgan fingerprint density at radius 2 is 2.24 bits per heavy atom. The van der Waals surface area contributed by atoms with Crippen molar-refractivity contribution < 1.29 is 19.6 Å². The smallest absolute Gasteiger partial charge is 0.381 e. The highest BCUT2D eigenvalue weighted by molar-refractivity contribution is 5.81. The number of nitrogens with zero attached hydrogens (tertiary/aromatic N) is 4. The molecule has 0 aromatic carbocycles. The number of aromatic nitrogens is 2. The first kappa shape index (κ1) is 14.9. The molecule has 0 aliphatic heterocycles. The fourth-order valence-corrected chi connectivity index (χ4v) is 1.98. The lowest BCUT2D eigenvalue weighted by Crippen LogP contribution is -2.37. The lowest BCUT2D eigenvalue weighted by molar-refractivity contribution is -0.389. The van der Waals surface area contributed by atoms with Crippen LogP contribution in [0.3, 0.4) is 0 Å². The van der Waals surface area contributed by atoms with Gasteiger partial charge < -0.3 is 24.7 Å². The maximum absolute atomic E-state index is 12.1. The zero-order valence-corrected chi connectivity index (χ0v) is 11.3. The number of hydrogen-bond acceptors (Lipinski definition) is 5. The summed E-state index contributed by atoms with van der Waals surface area (Å²) in [6.45, 7) is 0.398. The third-order valence-corrected chi connectivity index (χ3v) is 3.24. The van der Waals surface area contributed by atoms with E-state index in [0.29, 0.717) is 12.5 Å². The Morgan fingerprint density at radius 1 is 1.52 bits per heavy atom. The van der Waals surface area contributed by atoms with Crippen LogP contribution in [0.25, 0.3) is 0 Å². The minimum Gasteiger partial charge on any atom is -0.480 e. The predicted octanol–water partition coefficient (Wildman–Crippen LogP) is 0.505. The van der Waals surface area contributed by atoms with Gasteiger partial charge in [0.15, 0.2) is 0 Å². The van der Waals surface area contributed by atoms with Crippen LogP contribution in [0.4, 0.5) is 5.82 Å². The van der Waals surface area contributed by atoms with Crippen LogP contribution < -0.4 is 0 Å². The lowest BCUT2D eigenvalue weighted by atomic mass is 10.3. The molecule has 114 valence electrons. The second-order valence-corrected chi connectivity index (χ2v) is 5.09. The summed E-state index contributed by atoms with van der Waals surface area (Å²) in [7, 11) is 0. The molecule has 9 heteroatoms. The van der Waals surface area contributed by atoms with Crippen LogP contribution >= 0.6 is 0 Å². The van der Waals surface area contributed by atoms with Crippen LogP contribution in [0.5, 0.6) is 0 Å². The molecule has 1 heterocycles. The minimum atomic E-state index is -1.04. The van der Waals surface area contributed by atoms with Crippen molar-refractivity contribution >= 4 is 17.7 Å². The van der Waals surface area contributed by atoms with Gasteiger partial charge in [-0.15, -0.1) is 0 Å². The Bertz CT molecular complexity index is 552. The first-order valence-corrected chi connectivity index (χ1v) is 6.61. The van der Waals surface area contributed by atoms with Crippen LogP contribution in [0.2, 0.25) is 0 Å². The van der Waals surface area contributed by atoms with Gasteiger partial charge in [0.1, 0.15) is 12.7 Å². The number of aryl methyl sites for hydroxylation is 1. The van der Waals surface area contributed by atoms with E-state index in [1.807, 2.05) is 0 Å². The molecule has 0 atom stereocenters. The molecule has 1 N–H and O–H groups in total. The molecular formula is C12H16N4O5. The molecule has 0 bridgehead atoms. The second-order valence-electron chi connectivity index (χ2n) is 5.09. The van der Waals surface area contributed by atoms with Gasteiger partial charge in [0.05, 0.1) is 0 Å². The maximum Gasteiger partial charge on any atom is 0.381 e. The summed E-state index contributed by atoms with van der Waals surface area (Å²) >= 11 is 0. The van der Waals surface area contributed by atoms with Crippen molar-refractivity contribution in [1.29, 1.82) is 0 Å². The monoisotopic (exact) mass is 296 g/mol. The van der Waals surface area contributed by atoms with Gasteiger partial charge in [0.25, 0.3) is 0 Å². The van der Waals surface area contributed by atoms with Crippen LogP contribution in [0.15, 0.2) is 12.5 Å². The van der Waals surface area contributed by atoms with Gasteiger partial charge in [-0.3, -0.25) is 9.59 Å². The van der Waals surface area contributed by atoms with Gasteiger partial charge in [-0.2, -0.15) is 0 Å². The van der Waals surface area contributed by atoms with Gasteiger partial charge >= 0.3 is 11.8 Å². The Hall–Kier alpha value is -2.45. The molecule has 9 nitrogen and oxygen atoms in total. The third-order valence-electron chi connectivity index (χ3n) is 3.24. The largest absolute Gasteiger partial charge is 0.480 e. The van der Waals surface area contributed by atoms with Gasteiger partial charge in [0, 0.05) is 19.5 Å². The van der Waals surface area contributed by atoms with E-state index in [0.717, 1.165) is 12.8 Å². The minimum absolute atomic E-state index is 0.0908. The standard InChI is InChI=1S/C12H16N4O5/c17-11(15(7-12(18)19)5-9-1-2-9)3-4-14-6-10(13-8-14)16(20)21/h6,8-9H,1-5,7H2,(H,18,19). The van der Waals surface area contributed by atoms with E-state index < -0.39 is 10.9 Å². The quantitative estimate of drug-likeness (QED) is 0.551. The van der Waals surface area contributed by atoms with E-state index in [-0.39, 0.29) is 31.2 Å². The zero-order chi connectivity index (χ0) is 15.4. The van der Waals surface area contributed by atoms with Crippen LogP contribution in [0.1, 0.15) is 19.3 Å². The Kier molecular flexibility index (Phi) is 4.51. The van der Waals surface area contributed by atoms with Crippen molar-refractivity contribution in [2.24, 2.45) is 5.92 Å².